The number of amides is 3. The van der Waals surface area contributed by atoms with Gasteiger partial charge in [-0.05, 0) is 30.6 Å². The molecule has 1 saturated heterocycles. The molecule has 3 aromatic heterocycles. The Labute approximate surface area is 209 Å². The fourth-order valence-corrected chi connectivity index (χ4v) is 3.59. The zero-order valence-electron chi connectivity index (χ0n) is 19.7. The number of fused-ring (bicyclic) bond motifs is 1. The highest BCUT2D eigenvalue weighted by Gasteiger charge is 2.49. The molecule has 4 rings (SSSR count). The minimum atomic E-state index is -4.73. The summed E-state index contributed by atoms with van der Waals surface area (Å²) in [5.41, 5.74) is 2.58. The van der Waals surface area contributed by atoms with E-state index in [1.54, 1.807) is 0 Å². The number of carbonyl (C=O) groups is 2. The van der Waals surface area contributed by atoms with Crippen molar-refractivity contribution >= 4 is 17.6 Å². The summed E-state index contributed by atoms with van der Waals surface area (Å²) in [7, 11) is 0. The van der Waals surface area contributed by atoms with Crippen LogP contribution >= 0.6 is 0 Å². The van der Waals surface area contributed by atoms with Gasteiger partial charge in [-0.25, -0.2) is 18.9 Å². The number of halogens is 6. The molecule has 0 saturated carbocycles. The zero-order chi connectivity index (χ0) is 28.0. The maximum absolute atomic E-state index is 13.4. The van der Waals surface area contributed by atoms with E-state index in [9.17, 15) is 35.9 Å². The van der Waals surface area contributed by atoms with E-state index in [-0.39, 0.29) is 23.6 Å². The minimum Gasteiger partial charge on any atom is -0.365 e. The van der Waals surface area contributed by atoms with Gasteiger partial charge in [-0.15, -0.1) is 0 Å². The second kappa shape index (κ2) is 9.41. The minimum absolute atomic E-state index is 0.0573. The van der Waals surface area contributed by atoms with Gasteiger partial charge in [0.15, 0.2) is 16.9 Å². The Morgan fingerprint density at radius 1 is 1.26 bits per heavy atom. The summed E-state index contributed by atoms with van der Waals surface area (Å²) in [6.07, 6.45) is -6.72. The van der Waals surface area contributed by atoms with Crippen molar-refractivity contribution in [3.8, 4) is 0 Å². The molecule has 38 heavy (non-hydrogen) atoms. The normalized spacial score (nSPS) is 17.7. The number of rotatable bonds is 8. The van der Waals surface area contributed by atoms with Gasteiger partial charge in [0.1, 0.15) is 11.7 Å². The lowest BCUT2D eigenvalue weighted by Gasteiger charge is -2.29. The quantitative estimate of drug-likeness (QED) is 0.405. The first-order chi connectivity index (χ1) is 17.6. The average molecular weight is 550 g/mol. The van der Waals surface area contributed by atoms with E-state index in [0.29, 0.717) is 5.56 Å². The second-order valence-corrected chi connectivity index (χ2v) is 8.99. The molecule has 0 bridgehead atoms. The van der Waals surface area contributed by atoms with Crippen LogP contribution in [0.1, 0.15) is 47.2 Å². The molecule has 0 aliphatic carbocycles. The van der Waals surface area contributed by atoms with Crippen LogP contribution in [0.2, 0.25) is 0 Å². The van der Waals surface area contributed by atoms with E-state index < -0.39 is 60.7 Å². The van der Waals surface area contributed by atoms with E-state index in [4.69, 9.17) is 10.5 Å². The number of urea groups is 1. The van der Waals surface area contributed by atoms with Crippen molar-refractivity contribution in [1.29, 1.82) is 0 Å². The Morgan fingerprint density at radius 2 is 1.97 bits per heavy atom. The van der Waals surface area contributed by atoms with Gasteiger partial charge in [0.2, 0.25) is 0 Å². The highest BCUT2D eigenvalue weighted by molar-refractivity contribution is 5.91. The van der Waals surface area contributed by atoms with Crippen molar-refractivity contribution in [2.24, 2.45) is 5.73 Å². The first-order valence-electron chi connectivity index (χ1n) is 10.9. The molecule has 3 N–H and O–H groups in total. The Balaban J connectivity index is 1.63. The molecule has 4 heterocycles. The molecule has 206 valence electrons. The molecule has 1 aliphatic rings. The van der Waals surface area contributed by atoms with Gasteiger partial charge in [0, 0.05) is 6.54 Å². The SMILES string of the molecule is CC(C)(OC[C@H](c1cn2ncc(CN3C[C@@H](C(F)(F)F)NC3=O)cc2n1)c1nonc1C(N)=O)C(F)(F)F. The molecule has 3 amide bonds. The van der Waals surface area contributed by atoms with Crippen LogP contribution in [0.15, 0.2) is 23.1 Å². The van der Waals surface area contributed by atoms with Crippen molar-refractivity contribution < 1.29 is 45.3 Å². The molecule has 0 aromatic carbocycles. The van der Waals surface area contributed by atoms with Crippen LogP contribution in [-0.2, 0) is 11.3 Å². The van der Waals surface area contributed by atoms with Crippen molar-refractivity contribution in [2.45, 2.75) is 50.3 Å². The highest BCUT2D eigenvalue weighted by Crippen LogP contribution is 2.35. The van der Waals surface area contributed by atoms with E-state index in [1.807, 2.05) is 5.32 Å². The molecular weight excluding hydrogens is 530 g/mol. The Bertz CT molecular complexity index is 1350. The Hall–Kier alpha value is -3.96. The molecule has 18 heteroatoms. The first kappa shape index (κ1) is 27.1. The molecule has 2 atom stereocenters. The standard InChI is InChI=1S/C20H20F6N8O4/c1-18(2,20(24,25)26)37-8-10(14-15(16(27)35)32-38-31-14)11-6-34-13(29-11)3-9(4-28-34)5-33-7-12(19(21,22)23)30-17(33)36/h3-4,6,10,12H,5,7-8H2,1-2H3,(H2,27,35)(H,30,36)/t10-,12+/m1/s1. The molecular formula is C20H20F6N8O4. The van der Waals surface area contributed by atoms with Crippen molar-refractivity contribution in [3.05, 3.63) is 41.1 Å². The van der Waals surface area contributed by atoms with Gasteiger partial charge >= 0.3 is 18.4 Å². The largest absolute Gasteiger partial charge is 0.416 e. The maximum Gasteiger partial charge on any atom is 0.416 e. The van der Waals surface area contributed by atoms with Gasteiger partial charge in [-0.2, -0.15) is 31.4 Å². The van der Waals surface area contributed by atoms with Crippen LogP contribution in [0, 0.1) is 0 Å². The van der Waals surface area contributed by atoms with E-state index >= 15 is 0 Å². The van der Waals surface area contributed by atoms with Crippen LogP contribution in [0.25, 0.3) is 5.65 Å². The third-order valence-electron chi connectivity index (χ3n) is 5.88. The van der Waals surface area contributed by atoms with E-state index in [0.717, 1.165) is 18.7 Å². The van der Waals surface area contributed by atoms with Gasteiger partial charge in [0.25, 0.3) is 5.91 Å². The monoisotopic (exact) mass is 550 g/mol. The summed E-state index contributed by atoms with van der Waals surface area (Å²) >= 11 is 0. The molecule has 0 radical (unpaired) electrons. The van der Waals surface area contributed by atoms with Crippen molar-refractivity contribution in [2.75, 3.05) is 13.2 Å². The highest BCUT2D eigenvalue weighted by atomic mass is 19.4. The Morgan fingerprint density at radius 3 is 2.58 bits per heavy atom. The van der Waals surface area contributed by atoms with E-state index in [2.05, 4.69) is 25.0 Å². The summed E-state index contributed by atoms with van der Waals surface area (Å²) in [4.78, 5) is 29.0. The lowest BCUT2D eigenvalue weighted by atomic mass is 10.00. The summed E-state index contributed by atoms with van der Waals surface area (Å²) in [5.74, 6) is -2.25. The van der Waals surface area contributed by atoms with Gasteiger partial charge in [-0.1, -0.05) is 5.16 Å². The molecule has 0 unspecified atom stereocenters. The zero-order valence-corrected chi connectivity index (χ0v) is 19.7. The number of ether oxygens (including phenoxy) is 1. The molecule has 12 nitrogen and oxygen atoms in total. The topological polar surface area (TPSA) is 154 Å². The third kappa shape index (κ3) is 5.34. The van der Waals surface area contributed by atoms with Crippen molar-refractivity contribution in [3.63, 3.8) is 0 Å². The third-order valence-corrected chi connectivity index (χ3v) is 5.88. The Kier molecular flexibility index (Phi) is 6.71. The van der Waals surface area contributed by atoms with Gasteiger partial charge in [0.05, 0.1) is 37.2 Å². The lowest BCUT2D eigenvalue weighted by Crippen LogP contribution is -2.42. The molecule has 3 aromatic rings. The number of primary amides is 1. The number of aromatic nitrogens is 5. The number of hydrogen-bond donors (Lipinski definition) is 2. The smallest absolute Gasteiger partial charge is 0.365 e. The number of hydrogen-bond acceptors (Lipinski definition) is 8. The number of nitrogens with one attached hydrogen (secondary N) is 1. The lowest BCUT2D eigenvalue weighted by molar-refractivity contribution is -0.264. The molecule has 0 spiro atoms. The van der Waals surface area contributed by atoms with Crippen LogP contribution < -0.4 is 11.1 Å². The fraction of sp³-hybridized carbons (Fsp3) is 0.500. The fourth-order valence-electron chi connectivity index (χ4n) is 3.59. The van der Waals surface area contributed by atoms with Crippen LogP contribution in [0.3, 0.4) is 0 Å². The summed E-state index contributed by atoms with van der Waals surface area (Å²) in [6, 6.07) is -1.49. The van der Waals surface area contributed by atoms with Crippen molar-refractivity contribution in [1.82, 2.24) is 35.1 Å². The average Bonchev–Trinajstić information content (AvgIpc) is 3.51. The van der Waals surface area contributed by atoms with Gasteiger partial charge < -0.3 is 20.7 Å². The van der Waals surface area contributed by atoms with Crippen LogP contribution in [-0.4, -0.2) is 78.9 Å². The molecule has 1 fully saturated rings. The maximum atomic E-state index is 13.4. The number of nitrogens with two attached hydrogens (primary N) is 1. The van der Waals surface area contributed by atoms with Gasteiger partial charge in [-0.3, -0.25) is 4.79 Å². The number of imidazole rings is 1. The number of carbonyl (C=O) groups excluding carboxylic acids is 2. The van der Waals surface area contributed by atoms with Crippen LogP contribution in [0.4, 0.5) is 31.1 Å². The predicted octanol–water partition coefficient (Wildman–Crippen LogP) is 2.16. The second-order valence-electron chi connectivity index (χ2n) is 8.99. The summed E-state index contributed by atoms with van der Waals surface area (Å²) < 4.78 is 89.9. The molecule has 1 aliphatic heterocycles. The summed E-state index contributed by atoms with van der Waals surface area (Å²) in [5, 5.41) is 13.0. The number of nitrogens with zero attached hydrogens (tertiary/aromatic N) is 6. The first-order valence-corrected chi connectivity index (χ1v) is 10.9. The predicted molar refractivity (Wildman–Crippen MR) is 113 cm³/mol. The summed E-state index contributed by atoms with van der Waals surface area (Å²) in [6.45, 7) is 0.154. The van der Waals surface area contributed by atoms with E-state index in [1.165, 1.54) is 23.0 Å². The van der Waals surface area contributed by atoms with Crippen LogP contribution in [0.5, 0.6) is 0 Å². The number of alkyl halides is 6.